The van der Waals surface area contributed by atoms with Gasteiger partial charge in [-0.25, -0.2) is 9.59 Å². The molecule has 0 heterocycles. The normalized spacial score (nSPS) is 11.7. The molecule has 0 saturated heterocycles. The van der Waals surface area contributed by atoms with Gasteiger partial charge in [0.2, 0.25) is 6.29 Å². The molecule has 0 radical (unpaired) electrons. The molecule has 0 aromatic heterocycles. The lowest BCUT2D eigenvalue weighted by Gasteiger charge is -2.17. The number of aromatic carboxylic acids is 1. The number of hydrogen-bond acceptors (Lipinski definition) is 4. The molecule has 0 amide bonds. The molecule has 20 heavy (non-hydrogen) atoms. The van der Waals surface area contributed by atoms with E-state index in [4.69, 9.17) is 14.6 Å². The largest absolute Gasteiger partial charge is 0.478 e. The Morgan fingerprint density at radius 2 is 1.90 bits per heavy atom. The van der Waals surface area contributed by atoms with E-state index in [0.29, 0.717) is 6.42 Å². The van der Waals surface area contributed by atoms with E-state index in [0.717, 1.165) is 5.57 Å². The summed E-state index contributed by atoms with van der Waals surface area (Å²) in [6.07, 6.45) is -0.255. The summed E-state index contributed by atoms with van der Waals surface area (Å²) in [5, 5.41) is 9.03. The van der Waals surface area contributed by atoms with Crippen LogP contribution in [0, 0.1) is 0 Å². The van der Waals surface area contributed by atoms with Crippen LogP contribution in [0.1, 0.15) is 41.0 Å². The molecule has 0 saturated carbocycles. The predicted octanol–water partition coefficient (Wildman–Crippen LogP) is 2.87. The monoisotopic (exact) mass is 278 g/mol. The maximum atomic E-state index is 12.0. The standard InChI is InChI=1S/C15H18O5/c1-4-13(19-9-10(2)3)20-15(18)12-8-6-5-7-11(12)14(16)17/h5-8,13H,2,4,9H2,1,3H3,(H,16,17). The highest BCUT2D eigenvalue weighted by atomic mass is 16.7. The molecule has 0 spiro atoms. The Kier molecular flexibility index (Phi) is 5.93. The van der Waals surface area contributed by atoms with E-state index >= 15 is 0 Å². The van der Waals surface area contributed by atoms with Crippen molar-refractivity contribution >= 4 is 11.9 Å². The Morgan fingerprint density at radius 1 is 1.30 bits per heavy atom. The second-order valence-electron chi connectivity index (χ2n) is 4.36. The van der Waals surface area contributed by atoms with Crippen molar-refractivity contribution in [3.8, 4) is 0 Å². The van der Waals surface area contributed by atoms with Crippen molar-refractivity contribution in [2.24, 2.45) is 0 Å². The van der Waals surface area contributed by atoms with E-state index in [1.54, 1.807) is 26.0 Å². The summed E-state index contributed by atoms with van der Waals surface area (Å²) in [6, 6.07) is 5.90. The van der Waals surface area contributed by atoms with Gasteiger partial charge in [0.05, 0.1) is 17.7 Å². The van der Waals surface area contributed by atoms with Crippen molar-refractivity contribution in [1.82, 2.24) is 0 Å². The van der Waals surface area contributed by atoms with Gasteiger partial charge in [-0.05, 0) is 19.1 Å². The van der Waals surface area contributed by atoms with Gasteiger partial charge in [0.25, 0.3) is 0 Å². The molecule has 0 aliphatic carbocycles. The average Bonchev–Trinajstić information content (AvgIpc) is 2.42. The first-order valence-corrected chi connectivity index (χ1v) is 6.25. The molecule has 0 aliphatic rings. The first-order valence-electron chi connectivity index (χ1n) is 6.25. The lowest BCUT2D eigenvalue weighted by molar-refractivity contribution is -0.104. The van der Waals surface area contributed by atoms with E-state index in [9.17, 15) is 9.59 Å². The molecule has 1 aromatic rings. The van der Waals surface area contributed by atoms with Crippen molar-refractivity contribution in [2.75, 3.05) is 6.61 Å². The van der Waals surface area contributed by atoms with E-state index in [1.165, 1.54) is 12.1 Å². The maximum Gasteiger partial charge on any atom is 0.341 e. The van der Waals surface area contributed by atoms with E-state index in [-0.39, 0.29) is 17.7 Å². The number of carbonyl (C=O) groups excluding carboxylic acids is 1. The van der Waals surface area contributed by atoms with E-state index in [1.807, 2.05) is 0 Å². The molecular weight excluding hydrogens is 260 g/mol. The molecule has 1 unspecified atom stereocenters. The molecule has 5 heteroatoms. The number of esters is 1. The quantitative estimate of drug-likeness (QED) is 0.471. The lowest BCUT2D eigenvalue weighted by Crippen LogP contribution is -2.23. The number of carboxylic acids is 1. The van der Waals surface area contributed by atoms with E-state index in [2.05, 4.69) is 6.58 Å². The van der Waals surface area contributed by atoms with Crippen LogP contribution in [0.4, 0.5) is 0 Å². The Bertz CT molecular complexity index is 507. The van der Waals surface area contributed by atoms with Crippen molar-refractivity contribution < 1.29 is 24.2 Å². The third-order valence-corrected chi connectivity index (χ3v) is 2.46. The van der Waals surface area contributed by atoms with Gasteiger partial charge in [-0.2, -0.15) is 0 Å². The minimum atomic E-state index is -1.17. The van der Waals surface area contributed by atoms with Gasteiger partial charge in [-0.3, -0.25) is 0 Å². The van der Waals surface area contributed by atoms with Crippen LogP contribution in [0.15, 0.2) is 36.4 Å². The Balaban J connectivity index is 2.79. The van der Waals surface area contributed by atoms with Crippen LogP contribution in [0.3, 0.4) is 0 Å². The fourth-order valence-corrected chi connectivity index (χ4v) is 1.50. The summed E-state index contributed by atoms with van der Waals surface area (Å²) >= 11 is 0. The Morgan fingerprint density at radius 3 is 2.40 bits per heavy atom. The molecule has 1 aromatic carbocycles. The highest BCUT2D eigenvalue weighted by Crippen LogP contribution is 2.13. The Hall–Kier alpha value is -2.14. The van der Waals surface area contributed by atoms with Crippen LogP contribution in [0.5, 0.6) is 0 Å². The molecule has 1 rings (SSSR count). The average molecular weight is 278 g/mol. The van der Waals surface area contributed by atoms with Gasteiger partial charge in [0.1, 0.15) is 0 Å². The van der Waals surface area contributed by atoms with Crippen molar-refractivity contribution in [2.45, 2.75) is 26.6 Å². The van der Waals surface area contributed by atoms with E-state index < -0.39 is 18.2 Å². The molecule has 0 fully saturated rings. The predicted molar refractivity (Wildman–Crippen MR) is 73.7 cm³/mol. The molecule has 0 bridgehead atoms. The van der Waals surface area contributed by atoms with Crippen molar-refractivity contribution in [3.05, 3.63) is 47.5 Å². The summed E-state index contributed by atoms with van der Waals surface area (Å²) in [7, 11) is 0. The number of carboxylic acid groups (broad SMARTS) is 1. The van der Waals surface area contributed by atoms with Crippen LogP contribution in [0.2, 0.25) is 0 Å². The van der Waals surface area contributed by atoms with Gasteiger partial charge >= 0.3 is 11.9 Å². The third-order valence-electron chi connectivity index (χ3n) is 2.46. The minimum Gasteiger partial charge on any atom is -0.478 e. The topological polar surface area (TPSA) is 72.8 Å². The number of benzene rings is 1. The molecular formula is C15H18O5. The summed E-state index contributed by atoms with van der Waals surface area (Å²) in [5.41, 5.74) is 0.732. The van der Waals surface area contributed by atoms with Gasteiger partial charge in [-0.15, -0.1) is 0 Å². The van der Waals surface area contributed by atoms with Crippen LogP contribution in [0.25, 0.3) is 0 Å². The van der Waals surface area contributed by atoms with Gasteiger partial charge in [0, 0.05) is 6.42 Å². The number of hydrogen-bond donors (Lipinski definition) is 1. The molecule has 5 nitrogen and oxygen atoms in total. The fourth-order valence-electron chi connectivity index (χ4n) is 1.50. The smallest absolute Gasteiger partial charge is 0.341 e. The number of carbonyl (C=O) groups is 2. The first kappa shape index (κ1) is 15.9. The van der Waals surface area contributed by atoms with Crippen LogP contribution in [-0.4, -0.2) is 29.9 Å². The van der Waals surface area contributed by atoms with Crippen molar-refractivity contribution in [3.63, 3.8) is 0 Å². The minimum absolute atomic E-state index is 0.0115. The Labute approximate surface area is 117 Å². The van der Waals surface area contributed by atoms with Crippen LogP contribution < -0.4 is 0 Å². The second-order valence-corrected chi connectivity index (χ2v) is 4.36. The second kappa shape index (κ2) is 7.45. The highest BCUT2D eigenvalue weighted by molar-refractivity contribution is 6.02. The summed E-state index contributed by atoms with van der Waals surface area (Å²) in [4.78, 5) is 23.0. The lowest BCUT2D eigenvalue weighted by atomic mass is 10.1. The summed E-state index contributed by atoms with van der Waals surface area (Å²) < 4.78 is 10.5. The fraction of sp³-hybridized carbons (Fsp3) is 0.333. The van der Waals surface area contributed by atoms with Crippen molar-refractivity contribution in [1.29, 1.82) is 0 Å². The summed E-state index contributed by atoms with van der Waals surface area (Å²) in [6.45, 7) is 7.58. The molecule has 0 aliphatic heterocycles. The zero-order valence-corrected chi connectivity index (χ0v) is 11.6. The molecule has 1 N–H and O–H groups in total. The van der Waals surface area contributed by atoms with Gasteiger partial charge in [-0.1, -0.05) is 31.2 Å². The summed E-state index contributed by atoms with van der Waals surface area (Å²) in [5.74, 6) is -1.88. The zero-order valence-electron chi connectivity index (χ0n) is 11.6. The maximum absolute atomic E-state index is 12.0. The number of ether oxygens (including phenoxy) is 2. The van der Waals surface area contributed by atoms with Gasteiger partial charge in [0.15, 0.2) is 0 Å². The van der Waals surface area contributed by atoms with Gasteiger partial charge < -0.3 is 14.6 Å². The SMILES string of the molecule is C=C(C)COC(CC)OC(=O)c1ccccc1C(=O)O. The van der Waals surface area contributed by atoms with Crippen LogP contribution >= 0.6 is 0 Å². The zero-order chi connectivity index (χ0) is 15.1. The molecule has 1 atom stereocenters. The number of rotatable bonds is 7. The third kappa shape index (κ3) is 4.51. The van der Waals surface area contributed by atoms with Crippen LogP contribution in [-0.2, 0) is 9.47 Å². The molecule has 108 valence electrons. The first-order chi connectivity index (χ1) is 9.45. The highest BCUT2D eigenvalue weighted by Gasteiger charge is 2.20.